The molecular weight excluding hydrogens is 196 g/mol. The summed E-state index contributed by atoms with van der Waals surface area (Å²) in [6.07, 6.45) is 5.91. The number of aryl methyl sites for hydroxylation is 1. The highest BCUT2D eigenvalue weighted by molar-refractivity contribution is 7.97. The van der Waals surface area contributed by atoms with Crippen molar-refractivity contribution in [3.8, 4) is 0 Å². The highest BCUT2D eigenvalue weighted by Gasteiger charge is 2.08. The Labute approximate surface area is 89.3 Å². The van der Waals surface area contributed by atoms with Crippen LogP contribution in [0.5, 0.6) is 0 Å². The second kappa shape index (κ2) is 5.75. The third-order valence-corrected chi connectivity index (χ3v) is 2.27. The summed E-state index contributed by atoms with van der Waals surface area (Å²) in [5.41, 5.74) is 1.35. The van der Waals surface area contributed by atoms with Crippen LogP contribution in [0.1, 0.15) is 42.2 Å². The second-order valence-electron chi connectivity index (χ2n) is 3.17. The van der Waals surface area contributed by atoms with Gasteiger partial charge in [-0.3, -0.25) is 4.79 Å². The molecule has 0 bridgehead atoms. The van der Waals surface area contributed by atoms with Gasteiger partial charge in [-0.15, -0.1) is 5.10 Å². The molecule has 0 aliphatic carbocycles. The number of rotatable bonds is 5. The van der Waals surface area contributed by atoms with Crippen molar-refractivity contribution in [2.45, 2.75) is 32.6 Å². The topological polar surface area (TPSA) is 42.9 Å². The van der Waals surface area contributed by atoms with Crippen molar-refractivity contribution in [2.24, 2.45) is 0 Å². The molecule has 0 unspecified atom stereocenters. The lowest BCUT2D eigenvalue weighted by Gasteiger charge is -2.03. The number of unbranched alkanes of at least 4 members (excludes halogenated alkanes) is 2. The first-order valence-corrected chi connectivity index (χ1v) is 5.24. The molecule has 0 spiro atoms. The van der Waals surface area contributed by atoms with E-state index in [0.29, 0.717) is 5.69 Å². The van der Waals surface area contributed by atoms with Crippen LogP contribution >= 0.6 is 12.6 Å². The molecule has 0 aliphatic heterocycles. The molecule has 0 aromatic carbocycles. The summed E-state index contributed by atoms with van der Waals surface area (Å²) in [6.45, 7) is 2.15. The minimum absolute atomic E-state index is 0.301. The number of thiol groups is 1. The van der Waals surface area contributed by atoms with Gasteiger partial charge in [0.1, 0.15) is 5.69 Å². The van der Waals surface area contributed by atoms with Crippen LogP contribution in [-0.2, 0) is 6.42 Å². The number of hydrogen-bond acceptors (Lipinski definition) is 3. The number of hydrogen-bond donors (Lipinski definition) is 1. The monoisotopic (exact) mass is 210 g/mol. The fourth-order valence-electron chi connectivity index (χ4n) is 1.30. The first kappa shape index (κ1) is 11.2. The normalized spacial score (nSPS) is 10.1. The maximum absolute atomic E-state index is 11.1. The molecule has 76 valence electrons. The maximum Gasteiger partial charge on any atom is 0.236 e. The SMILES string of the molecule is CCCCCc1ccnnc1C(=O)S. The van der Waals surface area contributed by atoms with Crippen molar-refractivity contribution in [2.75, 3.05) is 0 Å². The fourth-order valence-corrected chi connectivity index (χ4v) is 1.49. The lowest BCUT2D eigenvalue weighted by molar-refractivity contribution is 0.108. The molecule has 0 atom stereocenters. The molecule has 1 aromatic rings. The van der Waals surface area contributed by atoms with Gasteiger partial charge in [-0.05, 0) is 24.5 Å². The molecule has 1 aromatic heterocycles. The standard InChI is InChI=1S/C10H14N2OS/c1-2-3-4-5-8-6-7-11-12-9(8)10(13)14/h6-7H,2-5H2,1H3,(H,13,14). The number of nitrogens with zero attached hydrogens (tertiary/aromatic N) is 2. The summed E-state index contributed by atoms with van der Waals surface area (Å²) in [7, 11) is 0. The maximum atomic E-state index is 11.1. The minimum atomic E-state index is -0.301. The molecule has 3 nitrogen and oxygen atoms in total. The van der Waals surface area contributed by atoms with Gasteiger partial charge < -0.3 is 0 Å². The third kappa shape index (κ3) is 3.10. The Balaban J connectivity index is 2.69. The van der Waals surface area contributed by atoms with E-state index in [9.17, 15) is 4.79 Å². The molecular formula is C10H14N2OS. The van der Waals surface area contributed by atoms with Crippen molar-refractivity contribution >= 4 is 17.7 Å². The second-order valence-corrected chi connectivity index (χ2v) is 3.57. The molecule has 0 radical (unpaired) electrons. The minimum Gasteiger partial charge on any atom is -0.280 e. The van der Waals surface area contributed by atoms with E-state index in [-0.39, 0.29) is 5.12 Å². The van der Waals surface area contributed by atoms with Crippen LogP contribution in [0.15, 0.2) is 12.3 Å². The van der Waals surface area contributed by atoms with Crippen LogP contribution in [0.4, 0.5) is 0 Å². The quantitative estimate of drug-likeness (QED) is 0.599. The van der Waals surface area contributed by atoms with Crippen LogP contribution < -0.4 is 0 Å². The van der Waals surface area contributed by atoms with Crippen LogP contribution in [0.2, 0.25) is 0 Å². The molecule has 4 heteroatoms. The molecule has 1 rings (SSSR count). The average molecular weight is 210 g/mol. The Morgan fingerprint density at radius 1 is 1.50 bits per heavy atom. The van der Waals surface area contributed by atoms with Gasteiger partial charge in [0.25, 0.3) is 0 Å². The summed E-state index contributed by atoms with van der Waals surface area (Å²) < 4.78 is 0. The molecule has 1 heterocycles. The van der Waals surface area contributed by atoms with Gasteiger partial charge >= 0.3 is 0 Å². The van der Waals surface area contributed by atoms with Gasteiger partial charge in [0, 0.05) is 6.20 Å². The zero-order valence-electron chi connectivity index (χ0n) is 8.23. The van der Waals surface area contributed by atoms with Crippen molar-refractivity contribution in [3.05, 3.63) is 23.5 Å². The van der Waals surface area contributed by atoms with E-state index in [0.717, 1.165) is 18.4 Å². The van der Waals surface area contributed by atoms with Gasteiger partial charge in [0.2, 0.25) is 5.12 Å². The van der Waals surface area contributed by atoms with Gasteiger partial charge in [-0.2, -0.15) is 5.10 Å². The van der Waals surface area contributed by atoms with Crippen molar-refractivity contribution in [1.82, 2.24) is 10.2 Å². The van der Waals surface area contributed by atoms with Gasteiger partial charge in [0.15, 0.2) is 0 Å². The Hall–Kier alpha value is -0.900. The van der Waals surface area contributed by atoms with E-state index in [1.165, 1.54) is 12.8 Å². The zero-order chi connectivity index (χ0) is 10.4. The molecule has 14 heavy (non-hydrogen) atoms. The molecule has 0 saturated carbocycles. The number of aromatic nitrogens is 2. The largest absolute Gasteiger partial charge is 0.280 e. The van der Waals surface area contributed by atoms with Crippen LogP contribution in [-0.4, -0.2) is 15.3 Å². The Morgan fingerprint density at radius 2 is 2.29 bits per heavy atom. The Bertz CT molecular complexity index is 315. The predicted octanol–water partition coefficient (Wildman–Crippen LogP) is 2.28. The van der Waals surface area contributed by atoms with Gasteiger partial charge in [-0.1, -0.05) is 32.4 Å². The van der Waals surface area contributed by atoms with Crippen LogP contribution in [0.3, 0.4) is 0 Å². The zero-order valence-corrected chi connectivity index (χ0v) is 9.13. The first-order chi connectivity index (χ1) is 6.75. The van der Waals surface area contributed by atoms with Gasteiger partial charge in [0.05, 0.1) is 0 Å². The van der Waals surface area contributed by atoms with E-state index in [2.05, 4.69) is 29.7 Å². The summed E-state index contributed by atoms with van der Waals surface area (Å²) >= 11 is 3.76. The van der Waals surface area contributed by atoms with Gasteiger partial charge in [-0.25, -0.2) is 0 Å². The van der Waals surface area contributed by atoms with E-state index in [1.54, 1.807) is 6.20 Å². The predicted molar refractivity (Wildman–Crippen MR) is 58.6 cm³/mol. The Kier molecular flexibility index (Phi) is 4.59. The lowest BCUT2D eigenvalue weighted by Crippen LogP contribution is -2.02. The summed E-state index contributed by atoms with van der Waals surface area (Å²) in [6, 6.07) is 1.84. The smallest absolute Gasteiger partial charge is 0.236 e. The number of carbonyl (C=O) groups is 1. The van der Waals surface area contributed by atoms with Crippen LogP contribution in [0.25, 0.3) is 0 Å². The molecule has 0 N–H and O–H groups in total. The first-order valence-electron chi connectivity index (χ1n) is 4.79. The van der Waals surface area contributed by atoms with E-state index in [4.69, 9.17) is 0 Å². The molecule has 0 saturated heterocycles. The summed E-state index contributed by atoms with van der Waals surface area (Å²) in [4.78, 5) is 11.1. The van der Waals surface area contributed by atoms with E-state index in [1.807, 2.05) is 6.07 Å². The third-order valence-electron chi connectivity index (χ3n) is 2.06. The van der Waals surface area contributed by atoms with E-state index < -0.39 is 0 Å². The summed E-state index contributed by atoms with van der Waals surface area (Å²) in [5.74, 6) is 0. The Morgan fingerprint density at radius 3 is 2.93 bits per heavy atom. The van der Waals surface area contributed by atoms with Crippen molar-refractivity contribution in [1.29, 1.82) is 0 Å². The van der Waals surface area contributed by atoms with Crippen molar-refractivity contribution in [3.63, 3.8) is 0 Å². The fraction of sp³-hybridized carbons (Fsp3) is 0.500. The molecule has 0 aliphatic rings. The lowest BCUT2D eigenvalue weighted by atomic mass is 10.1. The summed E-state index contributed by atoms with van der Waals surface area (Å²) in [5, 5.41) is 7.15. The molecule has 0 amide bonds. The average Bonchev–Trinajstić information content (AvgIpc) is 2.19. The number of carbonyl (C=O) groups excluding carboxylic acids is 1. The van der Waals surface area contributed by atoms with Crippen LogP contribution in [0, 0.1) is 0 Å². The van der Waals surface area contributed by atoms with E-state index >= 15 is 0 Å². The highest BCUT2D eigenvalue weighted by atomic mass is 32.1. The highest BCUT2D eigenvalue weighted by Crippen LogP contribution is 2.11. The van der Waals surface area contributed by atoms with Crippen molar-refractivity contribution < 1.29 is 4.79 Å². The molecule has 0 fully saturated rings.